The second-order valence-electron chi connectivity index (χ2n) is 6.17. The molecule has 0 radical (unpaired) electrons. The van der Waals surface area contributed by atoms with Crippen LogP contribution in [0, 0.1) is 6.92 Å². The fourth-order valence-electron chi connectivity index (χ4n) is 2.73. The second kappa shape index (κ2) is 6.58. The molecule has 0 spiro atoms. The average Bonchev–Trinajstić information content (AvgIpc) is 2.70. The van der Waals surface area contributed by atoms with Crippen LogP contribution in [-0.2, 0) is 13.1 Å². The van der Waals surface area contributed by atoms with E-state index in [1.807, 2.05) is 0 Å². The third-order valence-electron chi connectivity index (χ3n) is 4.04. The third kappa shape index (κ3) is 4.08. The summed E-state index contributed by atoms with van der Waals surface area (Å²) in [5.74, 6) is 2.21. The van der Waals surface area contributed by atoms with Crippen LogP contribution in [0.25, 0.3) is 0 Å². The van der Waals surface area contributed by atoms with Crippen molar-refractivity contribution in [3.63, 3.8) is 0 Å². The van der Waals surface area contributed by atoms with Gasteiger partial charge in [-0.2, -0.15) is 0 Å². The molecule has 0 aromatic carbocycles. The Bertz CT molecular complexity index is 397. The van der Waals surface area contributed by atoms with Gasteiger partial charge in [0.1, 0.15) is 11.5 Å². The molecule has 108 valence electrons. The minimum Gasteiger partial charge on any atom is -0.463 e. The number of piperidine rings is 1. The topological polar surface area (TPSA) is 28.4 Å². The maximum atomic E-state index is 6.01. The zero-order chi connectivity index (χ0) is 13.8. The summed E-state index contributed by atoms with van der Waals surface area (Å²) in [6, 6.07) is 3.39. The van der Waals surface area contributed by atoms with E-state index in [0.29, 0.717) is 12.1 Å². The Morgan fingerprint density at radius 1 is 1.42 bits per heavy atom. The van der Waals surface area contributed by atoms with Crippen molar-refractivity contribution in [1.82, 2.24) is 10.2 Å². The van der Waals surface area contributed by atoms with Gasteiger partial charge in [0.2, 0.25) is 0 Å². The summed E-state index contributed by atoms with van der Waals surface area (Å²) in [4.78, 5) is 2.54. The highest BCUT2D eigenvalue weighted by Gasteiger charge is 2.20. The Kier molecular flexibility index (Phi) is 5.06. The number of hydrogen-bond donors (Lipinski definition) is 1. The van der Waals surface area contributed by atoms with Crippen LogP contribution in [0.4, 0.5) is 0 Å². The van der Waals surface area contributed by atoms with Gasteiger partial charge in [-0.1, -0.05) is 20.3 Å². The summed E-state index contributed by atoms with van der Waals surface area (Å²) in [5, 5.41) is 3.42. The van der Waals surface area contributed by atoms with Crippen molar-refractivity contribution in [2.45, 2.75) is 72.1 Å². The fourth-order valence-corrected chi connectivity index (χ4v) is 2.73. The van der Waals surface area contributed by atoms with E-state index < -0.39 is 0 Å². The first kappa shape index (κ1) is 14.6. The van der Waals surface area contributed by atoms with Gasteiger partial charge in [-0.05, 0) is 44.9 Å². The SMILES string of the molecule is Cc1cc(CN2CCCCC2C)oc1CNC(C)C. The quantitative estimate of drug-likeness (QED) is 0.883. The number of nitrogens with one attached hydrogen (secondary N) is 1. The first-order chi connectivity index (χ1) is 9.06. The number of likely N-dealkylation sites (tertiary alicyclic amines) is 1. The lowest BCUT2D eigenvalue weighted by Crippen LogP contribution is -2.36. The van der Waals surface area contributed by atoms with Gasteiger partial charge >= 0.3 is 0 Å². The van der Waals surface area contributed by atoms with Crippen molar-refractivity contribution in [3.8, 4) is 0 Å². The summed E-state index contributed by atoms with van der Waals surface area (Å²) in [6.07, 6.45) is 4.02. The highest BCUT2D eigenvalue weighted by molar-refractivity contribution is 5.20. The summed E-state index contributed by atoms with van der Waals surface area (Å²) < 4.78 is 6.01. The van der Waals surface area contributed by atoms with Gasteiger partial charge in [-0.15, -0.1) is 0 Å². The van der Waals surface area contributed by atoms with E-state index in [4.69, 9.17) is 4.42 Å². The van der Waals surface area contributed by atoms with Gasteiger partial charge in [0.15, 0.2) is 0 Å². The molecule has 1 unspecified atom stereocenters. The van der Waals surface area contributed by atoms with Crippen LogP contribution in [0.2, 0.25) is 0 Å². The lowest BCUT2D eigenvalue weighted by Gasteiger charge is -2.32. The zero-order valence-electron chi connectivity index (χ0n) is 12.8. The van der Waals surface area contributed by atoms with Gasteiger partial charge in [0.25, 0.3) is 0 Å². The Balaban J connectivity index is 1.95. The van der Waals surface area contributed by atoms with Crippen LogP contribution in [0.3, 0.4) is 0 Å². The molecule has 1 saturated heterocycles. The van der Waals surface area contributed by atoms with Gasteiger partial charge < -0.3 is 9.73 Å². The van der Waals surface area contributed by atoms with E-state index in [-0.39, 0.29) is 0 Å². The Labute approximate surface area is 117 Å². The lowest BCUT2D eigenvalue weighted by molar-refractivity contribution is 0.141. The molecule has 1 aliphatic rings. The van der Waals surface area contributed by atoms with Crippen LogP contribution in [0.1, 0.15) is 57.1 Å². The van der Waals surface area contributed by atoms with E-state index in [1.54, 1.807) is 0 Å². The van der Waals surface area contributed by atoms with E-state index >= 15 is 0 Å². The summed E-state index contributed by atoms with van der Waals surface area (Å²) in [6.45, 7) is 11.8. The number of nitrogens with zero attached hydrogens (tertiary/aromatic N) is 1. The second-order valence-corrected chi connectivity index (χ2v) is 6.17. The molecule has 3 nitrogen and oxygen atoms in total. The van der Waals surface area contributed by atoms with Crippen LogP contribution in [0.5, 0.6) is 0 Å². The van der Waals surface area contributed by atoms with Crippen LogP contribution < -0.4 is 5.32 Å². The van der Waals surface area contributed by atoms with Crippen molar-refractivity contribution >= 4 is 0 Å². The van der Waals surface area contributed by atoms with Gasteiger partial charge in [-0.3, -0.25) is 4.90 Å². The molecular formula is C16H28N2O. The van der Waals surface area contributed by atoms with Crippen LogP contribution in [0.15, 0.2) is 10.5 Å². The molecule has 19 heavy (non-hydrogen) atoms. The van der Waals surface area contributed by atoms with Crippen molar-refractivity contribution < 1.29 is 4.42 Å². The number of aryl methyl sites for hydroxylation is 1. The summed E-state index contributed by atoms with van der Waals surface area (Å²) in [7, 11) is 0. The van der Waals surface area contributed by atoms with E-state index in [9.17, 15) is 0 Å². The Morgan fingerprint density at radius 2 is 2.21 bits per heavy atom. The highest BCUT2D eigenvalue weighted by Crippen LogP contribution is 2.22. The van der Waals surface area contributed by atoms with Gasteiger partial charge in [0.05, 0.1) is 13.1 Å². The van der Waals surface area contributed by atoms with Gasteiger partial charge in [-0.25, -0.2) is 0 Å². The molecule has 0 amide bonds. The summed E-state index contributed by atoms with van der Waals surface area (Å²) in [5.41, 5.74) is 1.27. The Hall–Kier alpha value is -0.800. The predicted octanol–water partition coefficient (Wildman–Crippen LogP) is 3.46. The Morgan fingerprint density at radius 3 is 2.89 bits per heavy atom. The third-order valence-corrected chi connectivity index (χ3v) is 4.04. The maximum absolute atomic E-state index is 6.01. The molecule has 2 heterocycles. The fraction of sp³-hybridized carbons (Fsp3) is 0.750. The van der Waals surface area contributed by atoms with Crippen molar-refractivity contribution in [2.75, 3.05) is 6.54 Å². The molecule has 1 atom stereocenters. The normalized spacial score (nSPS) is 21.2. The van der Waals surface area contributed by atoms with Crippen molar-refractivity contribution in [2.24, 2.45) is 0 Å². The minimum absolute atomic E-state index is 0.495. The number of furan rings is 1. The standard InChI is InChI=1S/C16H28N2O/c1-12(2)17-10-16-13(3)9-15(19-16)11-18-8-6-5-7-14(18)4/h9,12,14,17H,5-8,10-11H2,1-4H3. The monoisotopic (exact) mass is 264 g/mol. The highest BCUT2D eigenvalue weighted by atomic mass is 16.3. The largest absolute Gasteiger partial charge is 0.463 e. The first-order valence-corrected chi connectivity index (χ1v) is 7.62. The molecule has 1 fully saturated rings. The predicted molar refractivity (Wildman–Crippen MR) is 79.1 cm³/mol. The molecule has 3 heteroatoms. The molecule has 1 N–H and O–H groups in total. The van der Waals surface area contributed by atoms with Gasteiger partial charge in [0, 0.05) is 12.1 Å². The van der Waals surface area contributed by atoms with E-state index in [0.717, 1.165) is 24.6 Å². The maximum Gasteiger partial charge on any atom is 0.120 e. The molecular weight excluding hydrogens is 236 g/mol. The van der Waals surface area contributed by atoms with Crippen LogP contribution in [-0.4, -0.2) is 23.5 Å². The molecule has 0 bridgehead atoms. The molecule has 1 aliphatic heterocycles. The van der Waals surface area contributed by atoms with E-state index in [2.05, 4.69) is 44.0 Å². The minimum atomic E-state index is 0.495. The van der Waals surface area contributed by atoms with E-state index in [1.165, 1.54) is 31.4 Å². The van der Waals surface area contributed by atoms with Crippen LogP contribution >= 0.6 is 0 Å². The van der Waals surface area contributed by atoms with Crippen molar-refractivity contribution in [3.05, 3.63) is 23.2 Å². The number of hydrogen-bond acceptors (Lipinski definition) is 3. The van der Waals surface area contributed by atoms with Crippen molar-refractivity contribution in [1.29, 1.82) is 0 Å². The average molecular weight is 264 g/mol. The summed E-state index contributed by atoms with van der Waals surface area (Å²) >= 11 is 0. The molecule has 0 aliphatic carbocycles. The molecule has 1 aromatic rings. The molecule has 0 saturated carbocycles. The molecule has 1 aromatic heterocycles. The number of rotatable bonds is 5. The molecule has 2 rings (SSSR count). The smallest absolute Gasteiger partial charge is 0.120 e. The zero-order valence-corrected chi connectivity index (χ0v) is 12.8. The first-order valence-electron chi connectivity index (χ1n) is 7.62. The lowest BCUT2D eigenvalue weighted by atomic mass is 10.0.